The molecule has 1 aliphatic rings. The van der Waals surface area contributed by atoms with Crippen molar-refractivity contribution in [3.05, 3.63) is 29.3 Å². The van der Waals surface area contributed by atoms with Crippen molar-refractivity contribution in [2.75, 3.05) is 32.1 Å². The van der Waals surface area contributed by atoms with Crippen molar-refractivity contribution < 1.29 is 14.3 Å². The maximum absolute atomic E-state index is 12.1. The van der Waals surface area contributed by atoms with Crippen molar-refractivity contribution in [2.24, 2.45) is 0 Å². The molecule has 0 spiro atoms. The molecular weight excluding hydrogens is 304 g/mol. The van der Waals surface area contributed by atoms with Gasteiger partial charge in [-0.25, -0.2) is 0 Å². The highest BCUT2D eigenvalue weighted by atomic mass is 35.5. The Hall–Kier alpha value is -1.30. The van der Waals surface area contributed by atoms with Gasteiger partial charge in [-0.1, -0.05) is 6.07 Å². The lowest BCUT2D eigenvalue weighted by Gasteiger charge is -2.22. The fourth-order valence-corrected chi connectivity index (χ4v) is 2.35. The second-order valence-corrected chi connectivity index (χ2v) is 5.37. The third-order valence-electron chi connectivity index (χ3n) is 3.63. The van der Waals surface area contributed by atoms with E-state index in [1.165, 1.54) is 0 Å². The highest BCUT2D eigenvalue weighted by molar-refractivity contribution is 5.96. The lowest BCUT2D eigenvalue weighted by atomic mass is 10.1. The Morgan fingerprint density at radius 3 is 2.86 bits per heavy atom. The number of hydrogen-bond acceptors (Lipinski definition) is 4. The average Bonchev–Trinajstić information content (AvgIpc) is 2.50. The van der Waals surface area contributed by atoms with Crippen LogP contribution < -0.4 is 11.1 Å². The Labute approximate surface area is 138 Å². The summed E-state index contributed by atoms with van der Waals surface area (Å²) in [6.07, 6.45) is 3.05. The SMILES string of the molecule is Cc1ccc(N)cc1C(=O)NCCCOC1CCOCC1.Cl. The standard InChI is InChI=1S/C16H24N2O3.ClH/c1-12-3-4-13(17)11-15(12)16(19)18-7-2-8-21-14-5-9-20-10-6-14;/h3-4,11,14H,2,5-10,17H2,1H3,(H,18,19);1H. The highest BCUT2D eigenvalue weighted by Gasteiger charge is 2.13. The lowest BCUT2D eigenvalue weighted by molar-refractivity contribution is -0.0321. The molecule has 1 heterocycles. The number of ether oxygens (including phenoxy) is 2. The molecule has 0 saturated carbocycles. The van der Waals surface area contributed by atoms with Crippen LogP contribution in [0.1, 0.15) is 35.2 Å². The van der Waals surface area contributed by atoms with Crippen molar-refractivity contribution in [1.82, 2.24) is 5.32 Å². The van der Waals surface area contributed by atoms with Crippen LogP contribution in [0.4, 0.5) is 5.69 Å². The van der Waals surface area contributed by atoms with Crippen molar-refractivity contribution in [3.8, 4) is 0 Å². The quantitative estimate of drug-likeness (QED) is 0.621. The van der Waals surface area contributed by atoms with Gasteiger partial charge in [0, 0.05) is 37.6 Å². The van der Waals surface area contributed by atoms with Crippen LogP contribution in [-0.4, -0.2) is 38.4 Å². The first kappa shape index (κ1) is 18.7. The molecule has 0 aliphatic carbocycles. The summed E-state index contributed by atoms with van der Waals surface area (Å²) in [5.74, 6) is -0.0779. The Kier molecular flexibility index (Phi) is 8.24. The first-order valence-electron chi connectivity index (χ1n) is 7.50. The van der Waals surface area contributed by atoms with Gasteiger partial charge in [0.1, 0.15) is 0 Å². The molecular formula is C16H25ClN2O3. The van der Waals surface area contributed by atoms with Gasteiger partial charge in [-0.15, -0.1) is 12.4 Å². The van der Waals surface area contributed by atoms with E-state index < -0.39 is 0 Å². The summed E-state index contributed by atoms with van der Waals surface area (Å²) in [5.41, 5.74) is 7.89. The van der Waals surface area contributed by atoms with E-state index >= 15 is 0 Å². The largest absolute Gasteiger partial charge is 0.399 e. The Morgan fingerprint density at radius 1 is 1.41 bits per heavy atom. The molecule has 0 atom stereocenters. The number of nitrogens with one attached hydrogen (secondary N) is 1. The fraction of sp³-hybridized carbons (Fsp3) is 0.562. The first-order valence-corrected chi connectivity index (χ1v) is 7.50. The summed E-state index contributed by atoms with van der Waals surface area (Å²) in [5, 5.41) is 2.91. The molecule has 1 amide bonds. The third-order valence-corrected chi connectivity index (χ3v) is 3.63. The van der Waals surface area contributed by atoms with Crippen molar-refractivity contribution >= 4 is 24.0 Å². The molecule has 1 aromatic rings. The van der Waals surface area contributed by atoms with E-state index in [1.54, 1.807) is 12.1 Å². The van der Waals surface area contributed by atoms with E-state index in [9.17, 15) is 4.79 Å². The number of rotatable bonds is 6. The molecule has 124 valence electrons. The van der Waals surface area contributed by atoms with Crippen LogP contribution in [0.5, 0.6) is 0 Å². The summed E-state index contributed by atoms with van der Waals surface area (Å²) < 4.78 is 11.0. The topological polar surface area (TPSA) is 73.6 Å². The highest BCUT2D eigenvalue weighted by Crippen LogP contribution is 2.13. The molecule has 2 rings (SSSR count). The number of carbonyl (C=O) groups is 1. The van der Waals surface area contributed by atoms with E-state index in [0.717, 1.165) is 38.0 Å². The second-order valence-electron chi connectivity index (χ2n) is 5.37. The molecule has 1 aromatic carbocycles. The molecule has 0 aromatic heterocycles. The predicted molar refractivity (Wildman–Crippen MR) is 89.6 cm³/mol. The monoisotopic (exact) mass is 328 g/mol. The summed E-state index contributed by atoms with van der Waals surface area (Å²) in [6, 6.07) is 5.37. The smallest absolute Gasteiger partial charge is 0.251 e. The lowest BCUT2D eigenvalue weighted by Crippen LogP contribution is -2.28. The molecule has 0 bridgehead atoms. The number of nitrogen functional groups attached to an aromatic ring is 1. The minimum atomic E-state index is -0.0779. The number of anilines is 1. The Morgan fingerprint density at radius 2 is 2.14 bits per heavy atom. The zero-order valence-corrected chi connectivity index (χ0v) is 13.8. The first-order chi connectivity index (χ1) is 10.2. The van der Waals surface area contributed by atoms with Crippen molar-refractivity contribution in [1.29, 1.82) is 0 Å². The number of benzene rings is 1. The third kappa shape index (κ3) is 5.83. The van der Waals surface area contributed by atoms with Gasteiger partial charge in [-0.05, 0) is 43.9 Å². The average molecular weight is 329 g/mol. The Bertz CT molecular complexity index is 476. The van der Waals surface area contributed by atoms with Crippen molar-refractivity contribution in [3.63, 3.8) is 0 Å². The number of carbonyl (C=O) groups excluding carboxylic acids is 1. The zero-order valence-electron chi connectivity index (χ0n) is 13.0. The molecule has 5 nitrogen and oxygen atoms in total. The number of nitrogens with two attached hydrogens (primary N) is 1. The van der Waals surface area contributed by atoms with Crippen LogP contribution in [0.15, 0.2) is 18.2 Å². The van der Waals surface area contributed by atoms with Gasteiger partial charge in [-0.3, -0.25) is 4.79 Å². The van der Waals surface area contributed by atoms with Gasteiger partial charge in [0.2, 0.25) is 0 Å². The van der Waals surface area contributed by atoms with Gasteiger partial charge in [0.25, 0.3) is 5.91 Å². The van der Waals surface area contributed by atoms with E-state index in [-0.39, 0.29) is 18.3 Å². The summed E-state index contributed by atoms with van der Waals surface area (Å²) in [7, 11) is 0. The normalized spacial score (nSPS) is 15.1. The molecule has 0 radical (unpaired) electrons. The zero-order chi connectivity index (χ0) is 15.1. The van der Waals surface area contributed by atoms with E-state index in [0.29, 0.717) is 30.5 Å². The van der Waals surface area contributed by atoms with Crippen LogP contribution in [0.2, 0.25) is 0 Å². The van der Waals surface area contributed by atoms with Gasteiger partial charge in [0.05, 0.1) is 6.10 Å². The number of halogens is 1. The van der Waals surface area contributed by atoms with Crippen LogP contribution in [0, 0.1) is 6.92 Å². The van der Waals surface area contributed by atoms with E-state index in [2.05, 4.69) is 5.32 Å². The molecule has 6 heteroatoms. The maximum atomic E-state index is 12.1. The van der Waals surface area contributed by atoms with Gasteiger partial charge < -0.3 is 20.5 Å². The van der Waals surface area contributed by atoms with Crippen LogP contribution in [-0.2, 0) is 9.47 Å². The summed E-state index contributed by atoms with van der Waals surface area (Å²) in [6.45, 7) is 4.76. The predicted octanol–water partition coefficient (Wildman–Crippen LogP) is 2.31. The number of hydrogen-bond donors (Lipinski definition) is 2. The minimum absolute atomic E-state index is 0. The maximum Gasteiger partial charge on any atom is 0.251 e. The molecule has 1 aliphatic heterocycles. The van der Waals surface area contributed by atoms with Gasteiger partial charge in [-0.2, -0.15) is 0 Å². The van der Waals surface area contributed by atoms with E-state index in [4.69, 9.17) is 15.2 Å². The van der Waals surface area contributed by atoms with Gasteiger partial charge >= 0.3 is 0 Å². The van der Waals surface area contributed by atoms with Crippen molar-refractivity contribution in [2.45, 2.75) is 32.3 Å². The van der Waals surface area contributed by atoms with E-state index in [1.807, 2.05) is 13.0 Å². The number of aryl methyl sites for hydroxylation is 1. The van der Waals surface area contributed by atoms with Crippen LogP contribution in [0.25, 0.3) is 0 Å². The summed E-state index contributed by atoms with van der Waals surface area (Å²) >= 11 is 0. The van der Waals surface area contributed by atoms with Crippen LogP contribution >= 0.6 is 12.4 Å². The molecule has 1 saturated heterocycles. The molecule has 3 N–H and O–H groups in total. The van der Waals surface area contributed by atoms with Crippen LogP contribution in [0.3, 0.4) is 0 Å². The minimum Gasteiger partial charge on any atom is -0.399 e. The molecule has 22 heavy (non-hydrogen) atoms. The summed E-state index contributed by atoms with van der Waals surface area (Å²) in [4.78, 5) is 12.1. The van der Waals surface area contributed by atoms with Gasteiger partial charge in [0.15, 0.2) is 0 Å². The number of amides is 1. The fourth-order valence-electron chi connectivity index (χ4n) is 2.35. The molecule has 0 unspecified atom stereocenters. The molecule has 1 fully saturated rings. The second kappa shape index (κ2) is 9.66. The Balaban J connectivity index is 0.00000242.